The number of hydrogen-bond acceptors (Lipinski definition) is 3. The second-order valence-corrected chi connectivity index (χ2v) is 3.42. The molecular formula is C11H20N2O4. The minimum atomic E-state index is -1.04. The Morgan fingerprint density at radius 3 is 2.47 bits per heavy atom. The number of hydrogen-bond donors (Lipinski definition) is 1. The van der Waals surface area contributed by atoms with E-state index in [-0.39, 0.29) is 19.1 Å². The predicted molar refractivity (Wildman–Crippen MR) is 63.9 cm³/mol. The van der Waals surface area contributed by atoms with Gasteiger partial charge in [-0.05, 0) is 6.92 Å². The Balaban J connectivity index is 4.57. The zero-order valence-corrected chi connectivity index (χ0v) is 10.4. The van der Waals surface area contributed by atoms with Gasteiger partial charge in [-0.2, -0.15) is 0 Å². The first-order chi connectivity index (χ1) is 8.06. The molecule has 0 aromatic carbocycles. The lowest BCUT2D eigenvalue weighted by Crippen LogP contribution is -2.46. The lowest BCUT2D eigenvalue weighted by molar-refractivity contribution is -0.137. The van der Waals surface area contributed by atoms with Crippen molar-refractivity contribution in [1.82, 2.24) is 9.80 Å². The summed E-state index contributed by atoms with van der Waals surface area (Å²) in [5, 5.41) is 8.74. The maximum atomic E-state index is 12.0. The fourth-order valence-electron chi connectivity index (χ4n) is 1.31. The first kappa shape index (κ1) is 15.4. The van der Waals surface area contributed by atoms with Crippen LogP contribution in [0.25, 0.3) is 0 Å². The van der Waals surface area contributed by atoms with Gasteiger partial charge in [0.25, 0.3) is 0 Å². The Kier molecular flexibility index (Phi) is 7.79. The highest BCUT2D eigenvalue weighted by molar-refractivity contribution is 5.80. The molecule has 0 fully saturated rings. The maximum Gasteiger partial charge on any atom is 0.323 e. The van der Waals surface area contributed by atoms with Crippen molar-refractivity contribution in [3.63, 3.8) is 0 Å². The van der Waals surface area contributed by atoms with Crippen LogP contribution in [0, 0.1) is 0 Å². The molecule has 6 nitrogen and oxygen atoms in total. The monoisotopic (exact) mass is 244 g/mol. The van der Waals surface area contributed by atoms with Crippen LogP contribution in [0.5, 0.6) is 0 Å². The second kappa shape index (κ2) is 8.58. The highest BCUT2D eigenvalue weighted by atomic mass is 16.5. The molecular weight excluding hydrogens is 224 g/mol. The summed E-state index contributed by atoms with van der Waals surface area (Å²) in [6.07, 6.45) is 1.61. The van der Waals surface area contributed by atoms with Gasteiger partial charge >= 0.3 is 12.0 Å². The van der Waals surface area contributed by atoms with Crippen LogP contribution in [0.15, 0.2) is 12.7 Å². The molecule has 0 aromatic rings. The molecule has 0 atom stereocenters. The van der Waals surface area contributed by atoms with E-state index in [1.54, 1.807) is 6.08 Å². The van der Waals surface area contributed by atoms with E-state index in [4.69, 9.17) is 9.84 Å². The number of likely N-dealkylation sites (N-methyl/N-ethyl adjacent to an activating group) is 1. The lowest BCUT2D eigenvalue weighted by atomic mass is 10.4. The van der Waals surface area contributed by atoms with Gasteiger partial charge in [-0.15, -0.1) is 6.58 Å². The van der Waals surface area contributed by atoms with Gasteiger partial charge in [0.15, 0.2) is 0 Å². The highest BCUT2D eigenvalue weighted by Crippen LogP contribution is 2.00. The second-order valence-electron chi connectivity index (χ2n) is 3.42. The van der Waals surface area contributed by atoms with E-state index in [2.05, 4.69) is 6.58 Å². The molecule has 0 saturated carbocycles. The summed E-state index contributed by atoms with van der Waals surface area (Å²) in [6, 6.07) is -0.313. The fraction of sp³-hybridized carbons (Fsp3) is 0.636. The van der Waals surface area contributed by atoms with Crippen LogP contribution in [0.4, 0.5) is 4.79 Å². The van der Waals surface area contributed by atoms with Crippen LogP contribution in [0.1, 0.15) is 6.92 Å². The molecule has 6 heteroatoms. The van der Waals surface area contributed by atoms with Crippen LogP contribution in [-0.2, 0) is 9.53 Å². The summed E-state index contributed by atoms with van der Waals surface area (Å²) in [5.74, 6) is -1.04. The number of carbonyl (C=O) groups excluding carboxylic acids is 1. The number of methoxy groups -OCH3 is 1. The third-order valence-corrected chi connectivity index (χ3v) is 2.16. The minimum absolute atomic E-state index is 0.259. The van der Waals surface area contributed by atoms with E-state index in [1.165, 1.54) is 16.9 Å². The van der Waals surface area contributed by atoms with Crippen LogP contribution < -0.4 is 0 Å². The Morgan fingerprint density at radius 1 is 1.41 bits per heavy atom. The Bertz CT molecular complexity index is 268. The lowest BCUT2D eigenvalue weighted by Gasteiger charge is -2.28. The summed E-state index contributed by atoms with van der Waals surface area (Å²) in [6.45, 7) is 6.54. The first-order valence-electron chi connectivity index (χ1n) is 5.42. The van der Waals surface area contributed by atoms with Gasteiger partial charge in [0.05, 0.1) is 6.61 Å². The third-order valence-electron chi connectivity index (χ3n) is 2.16. The standard InChI is InChI=1S/C11H20N2O4/c1-4-6-12(5-2)11(16)13(7-8-17-3)9-10(14)15/h4H,1,5-9H2,2-3H3,(H,14,15). The van der Waals surface area contributed by atoms with Crippen LogP contribution in [-0.4, -0.2) is 66.8 Å². The summed E-state index contributed by atoms with van der Waals surface area (Å²) in [5.41, 5.74) is 0. The van der Waals surface area contributed by atoms with Crippen molar-refractivity contribution in [3.8, 4) is 0 Å². The van der Waals surface area contributed by atoms with Gasteiger partial charge in [0.2, 0.25) is 0 Å². The molecule has 0 aromatic heterocycles. The van der Waals surface area contributed by atoms with Crippen molar-refractivity contribution in [3.05, 3.63) is 12.7 Å². The minimum Gasteiger partial charge on any atom is -0.480 e. The number of carbonyl (C=O) groups is 2. The molecule has 0 aliphatic rings. The summed E-state index contributed by atoms with van der Waals surface area (Å²) < 4.78 is 4.85. The van der Waals surface area contributed by atoms with Crippen LogP contribution >= 0.6 is 0 Å². The zero-order valence-electron chi connectivity index (χ0n) is 10.4. The van der Waals surface area contributed by atoms with Gasteiger partial charge in [-0.3, -0.25) is 4.79 Å². The molecule has 2 amide bonds. The molecule has 0 aliphatic heterocycles. The molecule has 0 radical (unpaired) electrons. The number of aliphatic carboxylic acids is 1. The van der Waals surface area contributed by atoms with Gasteiger partial charge < -0.3 is 19.6 Å². The average Bonchev–Trinajstić information content (AvgIpc) is 2.30. The van der Waals surface area contributed by atoms with E-state index in [9.17, 15) is 9.59 Å². The first-order valence-corrected chi connectivity index (χ1v) is 5.42. The molecule has 0 bridgehead atoms. The normalized spacial score (nSPS) is 9.76. The van der Waals surface area contributed by atoms with Crippen LogP contribution in [0.2, 0.25) is 0 Å². The number of carboxylic acid groups (broad SMARTS) is 1. The van der Waals surface area contributed by atoms with Crippen molar-refractivity contribution < 1.29 is 19.4 Å². The Morgan fingerprint density at radius 2 is 2.06 bits per heavy atom. The highest BCUT2D eigenvalue weighted by Gasteiger charge is 2.20. The number of carboxylic acids is 1. The summed E-state index contributed by atoms with van der Waals surface area (Å²) >= 11 is 0. The van der Waals surface area contributed by atoms with Gasteiger partial charge in [0.1, 0.15) is 6.54 Å². The van der Waals surface area contributed by atoms with Gasteiger partial charge in [-0.25, -0.2) is 4.79 Å². The molecule has 0 unspecified atom stereocenters. The smallest absolute Gasteiger partial charge is 0.323 e. The quantitative estimate of drug-likeness (QED) is 0.636. The molecule has 1 N–H and O–H groups in total. The Labute approximate surface area is 101 Å². The third kappa shape index (κ3) is 5.91. The predicted octanol–water partition coefficient (Wildman–Crippen LogP) is 0.647. The summed E-state index contributed by atoms with van der Waals surface area (Å²) in [7, 11) is 1.50. The molecule has 17 heavy (non-hydrogen) atoms. The van der Waals surface area contributed by atoms with Crippen molar-refractivity contribution in [2.45, 2.75) is 6.92 Å². The topological polar surface area (TPSA) is 70.1 Å². The van der Waals surface area contributed by atoms with Gasteiger partial charge in [-0.1, -0.05) is 6.08 Å². The largest absolute Gasteiger partial charge is 0.480 e. The molecule has 0 aliphatic carbocycles. The van der Waals surface area contributed by atoms with E-state index < -0.39 is 5.97 Å². The fourth-order valence-corrected chi connectivity index (χ4v) is 1.31. The number of nitrogens with zero attached hydrogens (tertiary/aromatic N) is 2. The van der Waals surface area contributed by atoms with Crippen molar-refractivity contribution in [1.29, 1.82) is 0 Å². The SMILES string of the molecule is C=CCN(CC)C(=O)N(CCOC)CC(=O)O. The number of amides is 2. The van der Waals surface area contributed by atoms with Crippen molar-refractivity contribution >= 4 is 12.0 Å². The Hall–Kier alpha value is -1.56. The van der Waals surface area contributed by atoms with E-state index in [1.807, 2.05) is 6.92 Å². The molecule has 0 spiro atoms. The van der Waals surface area contributed by atoms with Crippen molar-refractivity contribution in [2.24, 2.45) is 0 Å². The average molecular weight is 244 g/mol. The number of rotatable bonds is 8. The van der Waals surface area contributed by atoms with Crippen molar-refractivity contribution in [2.75, 3.05) is 39.9 Å². The van der Waals surface area contributed by atoms with E-state index >= 15 is 0 Å². The molecule has 0 rings (SSSR count). The zero-order chi connectivity index (χ0) is 13.3. The maximum absolute atomic E-state index is 12.0. The number of urea groups is 1. The van der Waals surface area contributed by atoms with Crippen LogP contribution in [0.3, 0.4) is 0 Å². The van der Waals surface area contributed by atoms with E-state index in [0.29, 0.717) is 19.7 Å². The molecule has 0 saturated heterocycles. The summed E-state index contributed by atoms with van der Waals surface area (Å²) in [4.78, 5) is 25.4. The molecule has 0 heterocycles. The molecule has 98 valence electrons. The van der Waals surface area contributed by atoms with Gasteiger partial charge in [0, 0.05) is 26.7 Å². The van der Waals surface area contributed by atoms with E-state index in [0.717, 1.165) is 0 Å². The number of ether oxygens (including phenoxy) is 1.